The van der Waals surface area contributed by atoms with E-state index in [0.717, 1.165) is 19.5 Å². The Morgan fingerprint density at radius 3 is 2.59 bits per heavy atom. The lowest BCUT2D eigenvalue weighted by Gasteiger charge is -2.28. The number of nitrogens with zero attached hydrogens (tertiary/aromatic N) is 1. The normalized spacial score (nSPS) is 24.1. The minimum absolute atomic E-state index is 0.00254. The Kier molecular flexibility index (Phi) is 4.89. The average Bonchev–Trinajstić information content (AvgIpc) is 2.73. The Morgan fingerprint density at radius 1 is 1.41 bits per heavy atom. The van der Waals surface area contributed by atoms with Crippen molar-refractivity contribution < 1.29 is 9.59 Å². The summed E-state index contributed by atoms with van der Waals surface area (Å²) in [4.78, 5) is 24.6. The molecule has 4 N–H and O–H groups in total. The fraction of sp³-hybridized carbons (Fsp3) is 0.818. The third-order valence-corrected chi connectivity index (χ3v) is 3.48. The van der Waals surface area contributed by atoms with Crippen LogP contribution in [0.25, 0.3) is 0 Å². The molecule has 3 atom stereocenters. The van der Waals surface area contributed by atoms with Gasteiger partial charge in [-0.2, -0.15) is 0 Å². The summed E-state index contributed by atoms with van der Waals surface area (Å²) >= 11 is 0. The molecule has 3 unspecified atom stereocenters. The van der Waals surface area contributed by atoms with Crippen LogP contribution in [-0.2, 0) is 9.59 Å². The maximum absolute atomic E-state index is 11.4. The summed E-state index contributed by atoms with van der Waals surface area (Å²) in [6, 6.07) is 0.320. The van der Waals surface area contributed by atoms with Crippen molar-refractivity contribution in [2.24, 2.45) is 11.8 Å². The standard InChI is InChI=1S/C11H22N4O2/c1-7(11(17)14-12)8(2)15-5-4-10(6-15)13-9(3)16/h7-8,10H,4-6,12H2,1-3H3,(H,13,16)(H,14,17). The van der Waals surface area contributed by atoms with Crippen molar-refractivity contribution in [2.75, 3.05) is 13.1 Å². The van der Waals surface area contributed by atoms with Crippen molar-refractivity contribution in [3.63, 3.8) is 0 Å². The van der Waals surface area contributed by atoms with Crippen LogP contribution in [0.3, 0.4) is 0 Å². The summed E-state index contributed by atoms with van der Waals surface area (Å²) in [6.07, 6.45) is 0.931. The molecule has 0 aromatic carbocycles. The van der Waals surface area contributed by atoms with Crippen LogP contribution in [0, 0.1) is 5.92 Å². The third kappa shape index (κ3) is 3.67. The molecule has 0 spiro atoms. The minimum atomic E-state index is -0.156. The largest absolute Gasteiger partial charge is 0.352 e. The first kappa shape index (κ1) is 13.9. The third-order valence-electron chi connectivity index (χ3n) is 3.48. The molecule has 17 heavy (non-hydrogen) atoms. The zero-order chi connectivity index (χ0) is 13.0. The van der Waals surface area contributed by atoms with Gasteiger partial charge in [0.05, 0.1) is 5.92 Å². The van der Waals surface area contributed by atoms with Gasteiger partial charge < -0.3 is 5.32 Å². The van der Waals surface area contributed by atoms with Gasteiger partial charge in [-0.25, -0.2) is 5.84 Å². The molecule has 0 bridgehead atoms. The smallest absolute Gasteiger partial charge is 0.238 e. The second-order valence-electron chi connectivity index (χ2n) is 4.72. The van der Waals surface area contributed by atoms with E-state index in [1.165, 1.54) is 6.92 Å². The number of hydrogen-bond acceptors (Lipinski definition) is 4. The first-order valence-corrected chi connectivity index (χ1v) is 5.97. The minimum Gasteiger partial charge on any atom is -0.352 e. The first-order valence-electron chi connectivity index (χ1n) is 5.97. The van der Waals surface area contributed by atoms with E-state index >= 15 is 0 Å². The van der Waals surface area contributed by atoms with E-state index in [1.54, 1.807) is 0 Å². The number of hydrogen-bond donors (Lipinski definition) is 3. The van der Waals surface area contributed by atoms with Crippen molar-refractivity contribution in [3.8, 4) is 0 Å². The van der Waals surface area contributed by atoms with Gasteiger partial charge in [-0.05, 0) is 13.3 Å². The van der Waals surface area contributed by atoms with E-state index in [4.69, 9.17) is 5.84 Å². The van der Waals surface area contributed by atoms with Crippen LogP contribution in [0.15, 0.2) is 0 Å². The second kappa shape index (κ2) is 5.97. The van der Waals surface area contributed by atoms with E-state index in [1.807, 2.05) is 13.8 Å². The van der Waals surface area contributed by atoms with Crippen LogP contribution in [0.1, 0.15) is 27.2 Å². The first-order chi connectivity index (χ1) is 7.95. The molecule has 1 fully saturated rings. The quantitative estimate of drug-likeness (QED) is 0.342. The molecule has 0 radical (unpaired) electrons. The van der Waals surface area contributed by atoms with Crippen LogP contribution in [-0.4, -0.2) is 41.9 Å². The Labute approximate surface area is 102 Å². The molecule has 1 aliphatic rings. The lowest BCUT2D eigenvalue weighted by atomic mass is 10.0. The summed E-state index contributed by atoms with van der Waals surface area (Å²) in [7, 11) is 0. The fourth-order valence-corrected chi connectivity index (χ4v) is 2.23. The van der Waals surface area contributed by atoms with Gasteiger partial charge in [-0.3, -0.25) is 19.9 Å². The van der Waals surface area contributed by atoms with Crippen LogP contribution < -0.4 is 16.6 Å². The number of carbonyl (C=O) groups is 2. The Balaban J connectivity index is 2.47. The number of amides is 2. The van der Waals surface area contributed by atoms with E-state index in [9.17, 15) is 9.59 Å². The van der Waals surface area contributed by atoms with E-state index in [0.29, 0.717) is 0 Å². The molecule has 0 aromatic heterocycles. The van der Waals surface area contributed by atoms with Gasteiger partial charge in [0.15, 0.2) is 0 Å². The van der Waals surface area contributed by atoms with Gasteiger partial charge >= 0.3 is 0 Å². The van der Waals surface area contributed by atoms with Gasteiger partial charge in [0, 0.05) is 32.1 Å². The monoisotopic (exact) mass is 242 g/mol. The highest BCUT2D eigenvalue weighted by atomic mass is 16.2. The zero-order valence-corrected chi connectivity index (χ0v) is 10.7. The van der Waals surface area contributed by atoms with Crippen molar-refractivity contribution in [1.29, 1.82) is 0 Å². The van der Waals surface area contributed by atoms with Crippen molar-refractivity contribution >= 4 is 11.8 Å². The molecule has 1 aliphatic heterocycles. The molecule has 1 rings (SSSR count). The zero-order valence-electron chi connectivity index (χ0n) is 10.7. The predicted molar refractivity (Wildman–Crippen MR) is 64.8 cm³/mol. The van der Waals surface area contributed by atoms with Crippen LogP contribution in [0.4, 0.5) is 0 Å². The van der Waals surface area contributed by atoms with E-state index in [2.05, 4.69) is 15.6 Å². The summed E-state index contributed by atoms with van der Waals surface area (Å²) in [6.45, 7) is 7.09. The number of nitrogens with two attached hydrogens (primary N) is 1. The molecule has 2 amide bonds. The maximum atomic E-state index is 11.4. The number of likely N-dealkylation sites (tertiary alicyclic amines) is 1. The van der Waals surface area contributed by atoms with E-state index in [-0.39, 0.29) is 29.8 Å². The van der Waals surface area contributed by atoms with Gasteiger partial charge in [0.2, 0.25) is 11.8 Å². The fourth-order valence-electron chi connectivity index (χ4n) is 2.23. The van der Waals surface area contributed by atoms with Gasteiger partial charge in [-0.15, -0.1) is 0 Å². The van der Waals surface area contributed by atoms with E-state index < -0.39 is 0 Å². The number of nitrogens with one attached hydrogen (secondary N) is 2. The predicted octanol–water partition coefficient (Wildman–Crippen LogP) is -0.789. The molecule has 0 saturated carbocycles. The van der Waals surface area contributed by atoms with Gasteiger partial charge in [-0.1, -0.05) is 6.92 Å². The Bertz CT molecular complexity index is 295. The van der Waals surface area contributed by atoms with Crippen LogP contribution in [0.5, 0.6) is 0 Å². The molecule has 1 saturated heterocycles. The summed E-state index contributed by atoms with van der Waals surface area (Å²) < 4.78 is 0. The number of rotatable bonds is 4. The number of carbonyl (C=O) groups excluding carboxylic acids is 2. The van der Waals surface area contributed by atoms with Gasteiger partial charge in [0.25, 0.3) is 0 Å². The topological polar surface area (TPSA) is 87.5 Å². The summed E-state index contributed by atoms with van der Waals surface area (Å²) in [5.74, 6) is 4.82. The van der Waals surface area contributed by atoms with Crippen molar-refractivity contribution in [1.82, 2.24) is 15.6 Å². The second-order valence-corrected chi connectivity index (χ2v) is 4.72. The highest BCUT2D eigenvalue weighted by molar-refractivity contribution is 5.78. The lowest BCUT2D eigenvalue weighted by Crippen LogP contribution is -2.46. The maximum Gasteiger partial charge on any atom is 0.238 e. The molecule has 6 heteroatoms. The SMILES string of the molecule is CC(=O)NC1CCN(C(C)C(C)C(=O)NN)C1. The molecule has 0 aliphatic carbocycles. The molecule has 98 valence electrons. The van der Waals surface area contributed by atoms with Crippen LogP contribution >= 0.6 is 0 Å². The molecule has 6 nitrogen and oxygen atoms in total. The Hall–Kier alpha value is -1.14. The Morgan fingerprint density at radius 2 is 2.06 bits per heavy atom. The molecule has 1 heterocycles. The lowest BCUT2D eigenvalue weighted by molar-refractivity contribution is -0.126. The van der Waals surface area contributed by atoms with Crippen molar-refractivity contribution in [3.05, 3.63) is 0 Å². The summed E-state index contributed by atoms with van der Waals surface area (Å²) in [5.41, 5.74) is 2.18. The number of hydrazine groups is 1. The van der Waals surface area contributed by atoms with Crippen LogP contribution in [0.2, 0.25) is 0 Å². The highest BCUT2D eigenvalue weighted by Crippen LogP contribution is 2.18. The highest BCUT2D eigenvalue weighted by Gasteiger charge is 2.31. The van der Waals surface area contributed by atoms with Crippen molar-refractivity contribution in [2.45, 2.75) is 39.3 Å². The average molecular weight is 242 g/mol. The summed E-state index contributed by atoms with van der Waals surface area (Å²) in [5, 5.41) is 2.90. The molecular formula is C11H22N4O2. The molecule has 0 aromatic rings. The van der Waals surface area contributed by atoms with Gasteiger partial charge in [0.1, 0.15) is 0 Å². The molecular weight excluding hydrogens is 220 g/mol.